The highest BCUT2D eigenvalue weighted by molar-refractivity contribution is 7.92. The maximum atomic E-state index is 13.4. The molecule has 0 aromatic heterocycles. The van der Waals surface area contributed by atoms with Crippen LogP contribution in [-0.4, -0.2) is 32.9 Å². The second-order valence-corrected chi connectivity index (χ2v) is 9.82. The van der Waals surface area contributed by atoms with E-state index in [-0.39, 0.29) is 16.5 Å². The number of ether oxygens (including phenoxy) is 1. The van der Waals surface area contributed by atoms with Gasteiger partial charge in [-0.15, -0.1) is 0 Å². The summed E-state index contributed by atoms with van der Waals surface area (Å²) in [7, 11) is -3.89. The van der Waals surface area contributed by atoms with Crippen molar-refractivity contribution in [2.45, 2.75) is 31.2 Å². The summed E-state index contributed by atoms with van der Waals surface area (Å²) in [5.41, 5.74) is 3.31. The molecule has 0 aliphatic carbocycles. The fraction of sp³-hybridized carbons (Fsp3) is 0.200. The van der Waals surface area contributed by atoms with Crippen molar-refractivity contribution in [1.82, 2.24) is 0 Å². The Morgan fingerprint density at radius 2 is 1.76 bits per heavy atom. The Morgan fingerprint density at radius 3 is 2.52 bits per heavy atom. The van der Waals surface area contributed by atoms with Gasteiger partial charge in [0, 0.05) is 11.7 Å². The number of anilines is 2. The molecule has 4 rings (SSSR count). The Hall–Kier alpha value is -3.65. The van der Waals surface area contributed by atoms with Crippen LogP contribution in [0.1, 0.15) is 28.4 Å². The van der Waals surface area contributed by atoms with Crippen molar-refractivity contribution in [3.63, 3.8) is 0 Å². The Bertz CT molecular complexity index is 1300. The fourth-order valence-electron chi connectivity index (χ4n) is 3.85. The average Bonchev–Trinajstić information content (AvgIpc) is 3.15. The van der Waals surface area contributed by atoms with Gasteiger partial charge in [0.2, 0.25) is 0 Å². The molecule has 0 spiro atoms. The van der Waals surface area contributed by atoms with E-state index in [1.165, 1.54) is 28.6 Å². The van der Waals surface area contributed by atoms with E-state index in [1.54, 1.807) is 24.3 Å². The third kappa shape index (κ3) is 4.75. The maximum Gasteiger partial charge on any atom is 0.338 e. The zero-order chi connectivity index (χ0) is 23.6. The Balaban J connectivity index is 1.46. The summed E-state index contributed by atoms with van der Waals surface area (Å²) in [6.45, 7) is 3.30. The normalized spacial score (nSPS) is 15.1. The number of benzene rings is 3. The first-order valence-corrected chi connectivity index (χ1v) is 12.0. The van der Waals surface area contributed by atoms with Gasteiger partial charge in [-0.3, -0.25) is 9.10 Å². The number of amides is 1. The first-order chi connectivity index (χ1) is 15.8. The van der Waals surface area contributed by atoms with Crippen LogP contribution in [0.15, 0.2) is 77.7 Å². The predicted molar refractivity (Wildman–Crippen MR) is 126 cm³/mol. The van der Waals surface area contributed by atoms with Gasteiger partial charge in [0.05, 0.1) is 16.1 Å². The van der Waals surface area contributed by atoms with E-state index in [0.29, 0.717) is 17.8 Å². The van der Waals surface area contributed by atoms with Gasteiger partial charge in [-0.2, -0.15) is 0 Å². The summed E-state index contributed by atoms with van der Waals surface area (Å²) in [6, 6.07) is 20.0. The molecule has 0 bridgehead atoms. The van der Waals surface area contributed by atoms with Gasteiger partial charge in [0.1, 0.15) is 0 Å². The van der Waals surface area contributed by atoms with Gasteiger partial charge in [-0.25, -0.2) is 13.2 Å². The molecule has 7 nitrogen and oxygen atoms in total. The molecule has 170 valence electrons. The monoisotopic (exact) mass is 464 g/mol. The van der Waals surface area contributed by atoms with Crippen molar-refractivity contribution < 1.29 is 22.7 Å². The van der Waals surface area contributed by atoms with Crippen LogP contribution >= 0.6 is 0 Å². The van der Waals surface area contributed by atoms with Crippen LogP contribution in [0.25, 0.3) is 0 Å². The second-order valence-electron chi connectivity index (χ2n) is 8.00. The van der Waals surface area contributed by atoms with Gasteiger partial charge in [0.25, 0.3) is 15.9 Å². The first kappa shape index (κ1) is 22.5. The summed E-state index contributed by atoms with van der Waals surface area (Å²) in [5, 5.41) is 2.64. The Kier molecular flexibility index (Phi) is 6.20. The lowest BCUT2D eigenvalue weighted by atomic mass is 10.1. The second kappa shape index (κ2) is 9.07. The van der Waals surface area contributed by atoms with Gasteiger partial charge < -0.3 is 10.1 Å². The molecule has 3 aromatic rings. The fourth-order valence-corrected chi connectivity index (χ4v) is 5.59. The van der Waals surface area contributed by atoms with Gasteiger partial charge in [0.15, 0.2) is 6.61 Å². The smallest absolute Gasteiger partial charge is 0.338 e. The highest BCUT2D eigenvalue weighted by Gasteiger charge is 2.36. The number of sulfonamides is 1. The summed E-state index contributed by atoms with van der Waals surface area (Å²) in [4.78, 5) is 24.6. The zero-order valence-electron chi connectivity index (χ0n) is 18.3. The maximum absolute atomic E-state index is 13.4. The van der Waals surface area contributed by atoms with E-state index in [4.69, 9.17) is 4.74 Å². The zero-order valence-corrected chi connectivity index (χ0v) is 19.1. The van der Waals surface area contributed by atoms with E-state index in [1.807, 2.05) is 38.1 Å². The van der Waals surface area contributed by atoms with E-state index in [0.717, 1.165) is 11.1 Å². The first-order valence-electron chi connectivity index (χ1n) is 10.5. The van der Waals surface area contributed by atoms with E-state index >= 15 is 0 Å². The standard InChI is InChI=1S/C25H24N2O5S/c1-17-10-12-21(13-11-17)26-24(28)16-32-25(29)20-7-5-8-22(15-20)33(30,31)27-18(2)14-19-6-3-4-9-23(19)27/h3-13,15,18H,14,16H2,1-2H3,(H,26,28). The lowest BCUT2D eigenvalue weighted by Gasteiger charge is -2.24. The molecule has 1 amide bonds. The highest BCUT2D eigenvalue weighted by atomic mass is 32.2. The van der Waals surface area contributed by atoms with Crippen molar-refractivity contribution in [2.24, 2.45) is 0 Å². The topological polar surface area (TPSA) is 92.8 Å². The average molecular weight is 465 g/mol. The molecule has 1 aliphatic heterocycles. The summed E-state index contributed by atoms with van der Waals surface area (Å²) in [5.74, 6) is -1.26. The molecule has 8 heteroatoms. The molecule has 1 atom stereocenters. The number of nitrogens with zero attached hydrogens (tertiary/aromatic N) is 1. The number of hydrogen-bond acceptors (Lipinski definition) is 5. The molecule has 0 saturated carbocycles. The SMILES string of the molecule is Cc1ccc(NC(=O)COC(=O)c2cccc(S(=O)(=O)N3c4ccccc4CC3C)c2)cc1. The molecule has 1 N–H and O–H groups in total. The van der Waals surface area contributed by atoms with Crippen molar-refractivity contribution in [3.05, 3.63) is 89.5 Å². The Morgan fingerprint density at radius 1 is 1.03 bits per heavy atom. The lowest BCUT2D eigenvalue weighted by molar-refractivity contribution is -0.119. The molecule has 3 aromatic carbocycles. The third-order valence-electron chi connectivity index (χ3n) is 5.44. The van der Waals surface area contributed by atoms with Gasteiger partial charge in [-0.1, -0.05) is 42.0 Å². The molecule has 0 saturated heterocycles. The summed E-state index contributed by atoms with van der Waals surface area (Å²) >= 11 is 0. The van der Waals surface area contributed by atoms with Crippen LogP contribution in [-0.2, 0) is 26.0 Å². The molecular weight excluding hydrogens is 440 g/mol. The number of para-hydroxylation sites is 1. The van der Waals surface area contributed by atoms with Crippen molar-refractivity contribution in [1.29, 1.82) is 0 Å². The van der Waals surface area contributed by atoms with Gasteiger partial charge >= 0.3 is 5.97 Å². The molecular formula is C25H24N2O5S. The molecule has 0 fully saturated rings. The predicted octanol–water partition coefficient (Wildman–Crippen LogP) is 3.93. The number of hydrogen-bond donors (Lipinski definition) is 1. The molecule has 33 heavy (non-hydrogen) atoms. The van der Waals surface area contributed by atoms with Crippen LogP contribution in [0.2, 0.25) is 0 Å². The van der Waals surface area contributed by atoms with Crippen LogP contribution < -0.4 is 9.62 Å². The van der Waals surface area contributed by atoms with Crippen LogP contribution in [0.5, 0.6) is 0 Å². The van der Waals surface area contributed by atoms with E-state index < -0.39 is 28.5 Å². The van der Waals surface area contributed by atoms with Crippen LogP contribution in [0.4, 0.5) is 11.4 Å². The summed E-state index contributed by atoms with van der Waals surface area (Å²) in [6.07, 6.45) is 0.618. The number of aryl methyl sites for hydroxylation is 1. The lowest BCUT2D eigenvalue weighted by Crippen LogP contribution is -2.35. The number of carbonyl (C=O) groups is 2. The van der Waals surface area contributed by atoms with Crippen LogP contribution in [0, 0.1) is 6.92 Å². The minimum absolute atomic E-state index is 0.00962. The minimum Gasteiger partial charge on any atom is -0.452 e. The van der Waals surface area contributed by atoms with Crippen molar-refractivity contribution in [2.75, 3.05) is 16.2 Å². The van der Waals surface area contributed by atoms with E-state index in [9.17, 15) is 18.0 Å². The van der Waals surface area contributed by atoms with Crippen molar-refractivity contribution >= 4 is 33.3 Å². The number of esters is 1. The molecule has 1 unspecified atom stereocenters. The minimum atomic E-state index is -3.89. The van der Waals surface area contributed by atoms with Crippen molar-refractivity contribution in [3.8, 4) is 0 Å². The van der Waals surface area contributed by atoms with Gasteiger partial charge in [-0.05, 0) is 62.2 Å². The third-order valence-corrected chi connectivity index (χ3v) is 7.37. The largest absolute Gasteiger partial charge is 0.452 e. The van der Waals surface area contributed by atoms with E-state index in [2.05, 4.69) is 5.32 Å². The molecule has 0 radical (unpaired) electrons. The number of fused-ring (bicyclic) bond motifs is 1. The van der Waals surface area contributed by atoms with Crippen LogP contribution in [0.3, 0.4) is 0 Å². The molecule has 1 heterocycles. The highest BCUT2D eigenvalue weighted by Crippen LogP contribution is 2.36. The molecule has 1 aliphatic rings. The Labute approximate surface area is 193 Å². The summed E-state index contributed by atoms with van der Waals surface area (Å²) < 4.78 is 33.3. The number of carbonyl (C=O) groups excluding carboxylic acids is 2. The number of nitrogens with one attached hydrogen (secondary N) is 1. The number of rotatable bonds is 6. The quantitative estimate of drug-likeness (QED) is 0.558.